The highest BCUT2D eigenvalue weighted by atomic mass is 16.5. The van der Waals surface area contributed by atoms with E-state index in [0.717, 1.165) is 68.2 Å². The second-order valence-electron chi connectivity index (χ2n) is 10.4. The first-order valence-electron chi connectivity index (χ1n) is 14.0. The number of urea groups is 1. The molecule has 11 nitrogen and oxygen atoms in total. The maximum absolute atomic E-state index is 13.8. The number of aromatic nitrogens is 3. The topological polar surface area (TPSA) is 111 Å². The molecule has 2 aromatic heterocycles. The van der Waals surface area contributed by atoms with Gasteiger partial charge in [0.25, 0.3) is 0 Å². The predicted octanol–water partition coefficient (Wildman–Crippen LogP) is 4.25. The van der Waals surface area contributed by atoms with Crippen molar-refractivity contribution in [3.8, 4) is 5.88 Å². The highest BCUT2D eigenvalue weighted by Crippen LogP contribution is 2.39. The van der Waals surface area contributed by atoms with Gasteiger partial charge in [0.1, 0.15) is 0 Å². The first kappa shape index (κ1) is 26.7. The summed E-state index contributed by atoms with van der Waals surface area (Å²) in [5.41, 5.74) is 3.96. The molecule has 1 aliphatic carbocycles. The Morgan fingerprint density at radius 3 is 2.76 bits per heavy atom. The van der Waals surface area contributed by atoms with Gasteiger partial charge in [-0.15, -0.1) is 0 Å². The monoisotopic (exact) mass is 553 g/mol. The average Bonchev–Trinajstić information content (AvgIpc) is 3.84. The van der Waals surface area contributed by atoms with Gasteiger partial charge in [-0.3, -0.25) is 4.90 Å². The van der Waals surface area contributed by atoms with Crippen LogP contribution < -0.4 is 25.6 Å². The molecule has 1 saturated carbocycles. The van der Waals surface area contributed by atoms with Crippen LogP contribution in [-0.4, -0.2) is 76.7 Å². The minimum absolute atomic E-state index is 0.0809. The standard InChI is InChI=1S/C30H35N9O2/c1-21(5-4-14-37-15-12-31-13-16-37)34-23-6-3-7-26(17-23)39-28-22(20-38(30(39)40)25-9-10-25)18-33-29(36-28)35-24-8-11-27(41-2)32-19-24/h3-8,11,17-19,25,31,34H,1,9-10,12-16,20H2,2H3,(H,33,35,36)/b5-4+. The number of benzene rings is 1. The van der Waals surface area contributed by atoms with E-state index in [1.165, 1.54) is 0 Å². The number of rotatable bonds is 10. The smallest absolute Gasteiger partial charge is 0.330 e. The maximum Gasteiger partial charge on any atom is 0.330 e. The van der Waals surface area contributed by atoms with Crippen LogP contribution in [0.4, 0.5) is 33.6 Å². The summed E-state index contributed by atoms with van der Waals surface area (Å²) in [4.78, 5) is 33.4. The number of fused-ring (bicyclic) bond motifs is 1. The Kier molecular flexibility index (Phi) is 7.79. The second-order valence-corrected chi connectivity index (χ2v) is 10.4. The van der Waals surface area contributed by atoms with Crippen LogP contribution in [0.5, 0.6) is 5.88 Å². The van der Waals surface area contributed by atoms with Crippen molar-refractivity contribution in [2.24, 2.45) is 0 Å². The molecule has 212 valence electrons. The molecule has 3 aliphatic rings. The molecule has 1 saturated heterocycles. The molecule has 3 aromatic rings. The van der Waals surface area contributed by atoms with Crippen LogP contribution in [-0.2, 0) is 6.54 Å². The lowest BCUT2D eigenvalue weighted by Gasteiger charge is -2.36. The summed E-state index contributed by atoms with van der Waals surface area (Å²) in [6.45, 7) is 9.70. The van der Waals surface area contributed by atoms with Crippen LogP contribution in [0.25, 0.3) is 0 Å². The molecule has 2 fully saturated rings. The van der Waals surface area contributed by atoms with E-state index in [-0.39, 0.29) is 12.1 Å². The zero-order chi connectivity index (χ0) is 28.2. The van der Waals surface area contributed by atoms with Gasteiger partial charge in [-0.2, -0.15) is 4.98 Å². The van der Waals surface area contributed by atoms with Gasteiger partial charge in [0, 0.05) is 68.0 Å². The van der Waals surface area contributed by atoms with Gasteiger partial charge in [-0.25, -0.2) is 19.7 Å². The number of pyridine rings is 1. The molecule has 3 N–H and O–H groups in total. The van der Waals surface area contributed by atoms with Gasteiger partial charge in [0.2, 0.25) is 11.8 Å². The van der Waals surface area contributed by atoms with E-state index >= 15 is 0 Å². The summed E-state index contributed by atoms with van der Waals surface area (Å²) in [7, 11) is 1.57. The molecule has 1 aromatic carbocycles. The number of hydrogen-bond acceptors (Lipinski definition) is 9. The van der Waals surface area contributed by atoms with E-state index in [4.69, 9.17) is 9.72 Å². The molecule has 0 radical (unpaired) electrons. The fourth-order valence-electron chi connectivity index (χ4n) is 5.03. The number of carbonyl (C=O) groups excluding carboxylic acids is 1. The third-order valence-electron chi connectivity index (χ3n) is 7.32. The lowest BCUT2D eigenvalue weighted by atomic mass is 10.1. The predicted molar refractivity (Wildman–Crippen MR) is 160 cm³/mol. The zero-order valence-electron chi connectivity index (χ0n) is 23.2. The van der Waals surface area contributed by atoms with Gasteiger partial charge in [0.05, 0.1) is 31.2 Å². The van der Waals surface area contributed by atoms with Crippen LogP contribution in [0.15, 0.2) is 73.2 Å². The molecule has 11 heteroatoms. The number of methoxy groups -OCH3 is 1. The highest BCUT2D eigenvalue weighted by molar-refractivity contribution is 6.01. The largest absolute Gasteiger partial charge is 0.481 e. The van der Waals surface area contributed by atoms with E-state index in [1.807, 2.05) is 41.3 Å². The number of hydrogen-bond donors (Lipinski definition) is 3. The minimum atomic E-state index is -0.0809. The van der Waals surface area contributed by atoms with Gasteiger partial charge >= 0.3 is 6.03 Å². The number of nitrogens with zero attached hydrogens (tertiary/aromatic N) is 6. The molecule has 2 amide bonds. The fraction of sp³-hybridized carbons (Fsp3) is 0.333. The molecule has 0 spiro atoms. The number of amides is 2. The van der Waals surface area contributed by atoms with E-state index in [2.05, 4.69) is 43.5 Å². The van der Waals surface area contributed by atoms with Crippen LogP contribution >= 0.6 is 0 Å². The molecule has 41 heavy (non-hydrogen) atoms. The third-order valence-corrected chi connectivity index (χ3v) is 7.32. The number of ether oxygens (including phenoxy) is 1. The Morgan fingerprint density at radius 1 is 1.15 bits per heavy atom. The van der Waals surface area contributed by atoms with Gasteiger partial charge in [0.15, 0.2) is 5.82 Å². The molecule has 2 aliphatic heterocycles. The third kappa shape index (κ3) is 6.31. The Morgan fingerprint density at radius 2 is 2.00 bits per heavy atom. The number of piperazine rings is 1. The van der Waals surface area contributed by atoms with Crippen molar-refractivity contribution >= 4 is 34.9 Å². The van der Waals surface area contributed by atoms with Crippen LogP contribution in [0, 0.1) is 0 Å². The van der Waals surface area contributed by atoms with Crippen molar-refractivity contribution in [3.05, 3.63) is 78.8 Å². The number of carbonyl (C=O) groups is 1. The first-order chi connectivity index (χ1) is 20.1. The Labute approximate surface area is 239 Å². The second kappa shape index (κ2) is 11.9. The van der Waals surface area contributed by atoms with Crippen molar-refractivity contribution in [1.29, 1.82) is 0 Å². The summed E-state index contributed by atoms with van der Waals surface area (Å²) in [6.07, 6.45) is 9.61. The summed E-state index contributed by atoms with van der Waals surface area (Å²) < 4.78 is 5.14. The lowest BCUT2D eigenvalue weighted by Crippen LogP contribution is -2.46. The van der Waals surface area contributed by atoms with Crippen molar-refractivity contribution in [2.75, 3.05) is 55.4 Å². The number of anilines is 5. The van der Waals surface area contributed by atoms with E-state index in [0.29, 0.717) is 29.9 Å². The van der Waals surface area contributed by atoms with E-state index < -0.39 is 0 Å². The quantitative estimate of drug-likeness (QED) is 0.317. The van der Waals surface area contributed by atoms with Crippen LogP contribution in [0.2, 0.25) is 0 Å². The molecule has 6 rings (SSSR count). The summed E-state index contributed by atoms with van der Waals surface area (Å²) in [5.74, 6) is 1.47. The van der Waals surface area contributed by atoms with Crippen molar-refractivity contribution in [2.45, 2.75) is 25.4 Å². The molecule has 4 heterocycles. The normalized spacial score (nSPS) is 17.4. The first-order valence-corrected chi connectivity index (χ1v) is 14.0. The highest BCUT2D eigenvalue weighted by Gasteiger charge is 2.41. The Bertz CT molecular complexity index is 1430. The van der Waals surface area contributed by atoms with Gasteiger partial charge in [-0.05, 0) is 43.2 Å². The average molecular weight is 554 g/mol. The molecule has 0 unspecified atom stereocenters. The summed E-state index contributed by atoms with van der Waals surface area (Å²) in [6, 6.07) is 11.6. The Hall–Kier alpha value is -4.48. The van der Waals surface area contributed by atoms with E-state index in [1.54, 1.807) is 30.5 Å². The summed E-state index contributed by atoms with van der Waals surface area (Å²) >= 11 is 0. The molecular weight excluding hydrogens is 518 g/mol. The van der Waals surface area contributed by atoms with Crippen LogP contribution in [0.1, 0.15) is 18.4 Å². The van der Waals surface area contributed by atoms with E-state index in [9.17, 15) is 4.79 Å². The van der Waals surface area contributed by atoms with Gasteiger partial charge in [-0.1, -0.05) is 18.7 Å². The molecule has 0 atom stereocenters. The zero-order valence-corrected chi connectivity index (χ0v) is 23.2. The van der Waals surface area contributed by atoms with Gasteiger partial charge < -0.3 is 25.6 Å². The maximum atomic E-state index is 13.8. The van der Waals surface area contributed by atoms with Crippen LogP contribution in [0.3, 0.4) is 0 Å². The SMILES string of the molecule is C=C(/C=C/CN1CCNCC1)Nc1cccc(N2C(=O)N(C3CC3)Cc3cnc(Nc4ccc(OC)nc4)nc32)c1. The fourth-order valence-corrected chi connectivity index (χ4v) is 5.03. The van der Waals surface area contributed by atoms with Crippen molar-refractivity contribution in [3.63, 3.8) is 0 Å². The van der Waals surface area contributed by atoms with Crippen molar-refractivity contribution in [1.82, 2.24) is 30.1 Å². The minimum Gasteiger partial charge on any atom is -0.481 e. The molecule has 0 bridgehead atoms. The lowest BCUT2D eigenvalue weighted by molar-refractivity contribution is 0.198. The number of allylic oxidation sites excluding steroid dienone is 1. The molecular formula is C30H35N9O2. The number of nitrogens with one attached hydrogen (secondary N) is 3. The van der Waals surface area contributed by atoms with Crippen molar-refractivity contribution < 1.29 is 9.53 Å². The Balaban J connectivity index is 1.22. The summed E-state index contributed by atoms with van der Waals surface area (Å²) in [5, 5.41) is 9.93.